The minimum atomic E-state index is -0.586. The number of nitriles is 1. The van der Waals surface area contributed by atoms with E-state index in [1.54, 1.807) is 30.1 Å². The Morgan fingerprint density at radius 1 is 1.40 bits per heavy atom. The number of likely N-dealkylation sites (N-methyl/N-ethyl adjacent to an activating group) is 1. The van der Waals surface area contributed by atoms with E-state index in [2.05, 4.69) is 6.07 Å². The lowest BCUT2D eigenvalue weighted by Crippen LogP contribution is -2.47. The topological polar surface area (TPSA) is 73.6 Å². The summed E-state index contributed by atoms with van der Waals surface area (Å²) >= 11 is 0. The summed E-state index contributed by atoms with van der Waals surface area (Å²) in [6.07, 6.45) is 0.983. The van der Waals surface area contributed by atoms with Gasteiger partial charge in [-0.05, 0) is 51.3 Å². The van der Waals surface area contributed by atoms with Crippen LogP contribution in [-0.4, -0.2) is 47.0 Å². The molecule has 25 heavy (non-hydrogen) atoms. The van der Waals surface area contributed by atoms with Gasteiger partial charge in [-0.25, -0.2) is 4.79 Å². The highest BCUT2D eigenvalue weighted by atomic mass is 16.6. The lowest BCUT2D eigenvalue weighted by atomic mass is 10.1. The monoisotopic (exact) mass is 343 g/mol. The fourth-order valence-electron chi connectivity index (χ4n) is 2.91. The number of nitrogens with zero attached hydrogens (tertiary/aromatic N) is 3. The average molecular weight is 343 g/mol. The first-order valence-electron chi connectivity index (χ1n) is 8.45. The third kappa shape index (κ3) is 4.96. The molecule has 0 radical (unpaired) electrons. The summed E-state index contributed by atoms with van der Waals surface area (Å²) in [6, 6.07) is 8.79. The van der Waals surface area contributed by atoms with Gasteiger partial charge in [-0.15, -0.1) is 0 Å². The molecular formula is C19H25N3O3. The molecule has 1 atom stereocenters. The van der Waals surface area contributed by atoms with Crippen LogP contribution in [0, 0.1) is 11.3 Å². The van der Waals surface area contributed by atoms with Crippen molar-refractivity contribution in [3.05, 3.63) is 35.4 Å². The molecule has 1 aromatic rings. The summed E-state index contributed by atoms with van der Waals surface area (Å²) in [7, 11) is 1.72. The second-order valence-corrected chi connectivity index (χ2v) is 7.34. The van der Waals surface area contributed by atoms with E-state index in [-0.39, 0.29) is 5.91 Å². The molecule has 2 amide bonds. The summed E-state index contributed by atoms with van der Waals surface area (Å²) < 4.78 is 5.41. The van der Waals surface area contributed by atoms with Gasteiger partial charge >= 0.3 is 6.09 Å². The Morgan fingerprint density at radius 2 is 2.12 bits per heavy atom. The molecule has 1 aromatic carbocycles. The van der Waals surface area contributed by atoms with Gasteiger partial charge in [0.05, 0.1) is 11.6 Å². The fourth-order valence-corrected chi connectivity index (χ4v) is 2.91. The van der Waals surface area contributed by atoms with Gasteiger partial charge in [0.25, 0.3) is 0 Å². The first kappa shape index (κ1) is 18.8. The molecule has 2 rings (SSSR count). The minimum absolute atomic E-state index is 0.106. The minimum Gasteiger partial charge on any atom is -0.444 e. The number of carbonyl (C=O) groups is 2. The lowest BCUT2D eigenvalue weighted by Gasteiger charge is -2.30. The standard InChI is InChI=1S/C19H25N3O3/c1-19(2,3)25-18(24)22-10-6-9-16(22)17(23)21(4)13-15-8-5-7-14(11-15)12-20/h5,7-8,11,16H,6,9-10,13H2,1-4H3/t16-/m0/s1. The van der Waals surface area contributed by atoms with Crippen LogP contribution in [0.4, 0.5) is 4.79 Å². The number of hydrogen-bond donors (Lipinski definition) is 0. The highest BCUT2D eigenvalue weighted by molar-refractivity contribution is 5.86. The van der Waals surface area contributed by atoms with Crippen LogP contribution in [0.3, 0.4) is 0 Å². The van der Waals surface area contributed by atoms with E-state index < -0.39 is 17.7 Å². The lowest BCUT2D eigenvalue weighted by molar-refractivity contribution is -0.135. The molecule has 1 fully saturated rings. The van der Waals surface area contributed by atoms with Crippen molar-refractivity contribution in [1.82, 2.24) is 9.80 Å². The van der Waals surface area contributed by atoms with E-state index in [1.165, 1.54) is 4.90 Å². The molecule has 6 heteroatoms. The van der Waals surface area contributed by atoms with Crippen molar-refractivity contribution in [2.24, 2.45) is 0 Å². The number of rotatable bonds is 3. The zero-order valence-electron chi connectivity index (χ0n) is 15.3. The summed E-state index contributed by atoms with van der Waals surface area (Å²) in [5.74, 6) is -0.106. The molecule has 0 saturated carbocycles. The first-order valence-corrected chi connectivity index (χ1v) is 8.45. The predicted octanol–water partition coefficient (Wildman–Crippen LogP) is 2.92. The normalized spacial score (nSPS) is 17.1. The third-order valence-electron chi connectivity index (χ3n) is 4.02. The molecule has 1 aliphatic heterocycles. The molecule has 0 spiro atoms. The van der Waals surface area contributed by atoms with Crippen LogP contribution in [0.5, 0.6) is 0 Å². The van der Waals surface area contributed by atoms with E-state index >= 15 is 0 Å². The maximum atomic E-state index is 12.8. The predicted molar refractivity (Wildman–Crippen MR) is 93.6 cm³/mol. The highest BCUT2D eigenvalue weighted by Crippen LogP contribution is 2.22. The van der Waals surface area contributed by atoms with Crippen LogP contribution in [0.2, 0.25) is 0 Å². The van der Waals surface area contributed by atoms with E-state index in [4.69, 9.17) is 10.00 Å². The fraction of sp³-hybridized carbons (Fsp3) is 0.526. The molecule has 0 N–H and O–H groups in total. The van der Waals surface area contributed by atoms with Crippen molar-refractivity contribution in [2.45, 2.75) is 51.8 Å². The van der Waals surface area contributed by atoms with Crippen LogP contribution < -0.4 is 0 Å². The Kier molecular flexibility index (Phi) is 5.68. The van der Waals surface area contributed by atoms with Gasteiger partial charge < -0.3 is 9.64 Å². The molecule has 0 unspecified atom stereocenters. The molecular weight excluding hydrogens is 318 g/mol. The summed E-state index contributed by atoms with van der Waals surface area (Å²) in [5, 5.41) is 8.98. The number of hydrogen-bond acceptors (Lipinski definition) is 4. The maximum absolute atomic E-state index is 12.8. The number of benzene rings is 1. The Morgan fingerprint density at radius 3 is 2.76 bits per heavy atom. The summed E-state index contributed by atoms with van der Waals surface area (Å²) in [5.41, 5.74) is 0.864. The highest BCUT2D eigenvalue weighted by Gasteiger charge is 2.37. The Labute approximate surface area is 149 Å². The Bertz CT molecular complexity index is 688. The number of carbonyl (C=O) groups excluding carboxylic acids is 2. The van der Waals surface area contributed by atoms with Gasteiger partial charge in [0.15, 0.2) is 0 Å². The molecule has 0 bridgehead atoms. The SMILES string of the molecule is CN(Cc1cccc(C#N)c1)C(=O)[C@@H]1CCCN1C(=O)OC(C)(C)C. The zero-order chi connectivity index (χ0) is 18.6. The smallest absolute Gasteiger partial charge is 0.410 e. The van der Waals surface area contributed by atoms with Gasteiger partial charge in [0, 0.05) is 20.1 Å². The van der Waals surface area contributed by atoms with Crippen molar-refractivity contribution in [2.75, 3.05) is 13.6 Å². The average Bonchev–Trinajstić information content (AvgIpc) is 3.02. The van der Waals surface area contributed by atoms with Gasteiger partial charge in [-0.2, -0.15) is 5.26 Å². The number of likely N-dealkylation sites (tertiary alicyclic amines) is 1. The third-order valence-corrected chi connectivity index (χ3v) is 4.02. The Balaban J connectivity index is 2.04. The van der Waals surface area contributed by atoms with Crippen LogP contribution in [0.15, 0.2) is 24.3 Å². The Hall–Kier alpha value is -2.55. The van der Waals surface area contributed by atoms with Crippen molar-refractivity contribution < 1.29 is 14.3 Å². The number of amides is 2. The van der Waals surface area contributed by atoms with Crippen LogP contribution in [0.25, 0.3) is 0 Å². The summed E-state index contributed by atoms with van der Waals surface area (Å²) in [6.45, 7) is 6.36. The largest absolute Gasteiger partial charge is 0.444 e. The van der Waals surface area contributed by atoms with Gasteiger partial charge in [0.2, 0.25) is 5.91 Å². The quantitative estimate of drug-likeness (QED) is 0.846. The second-order valence-electron chi connectivity index (χ2n) is 7.34. The second kappa shape index (κ2) is 7.56. The van der Waals surface area contributed by atoms with Crippen LogP contribution in [-0.2, 0) is 16.1 Å². The molecule has 134 valence electrons. The first-order chi connectivity index (χ1) is 11.7. The molecule has 0 aliphatic carbocycles. The van der Waals surface area contributed by atoms with Crippen LogP contribution >= 0.6 is 0 Å². The maximum Gasteiger partial charge on any atom is 0.410 e. The van der Waals surface area contributed by atoms with Crippen molar-refractivity contribution in [3.63, 3.8) is 0 Å². The molecule has 6 nitrogen and oxygen atoms in total. The van der Waals surface area contributed by atoms with Crippen molar-refractivity contribution in [1.29, 1.82) is 5.26 Å². The molecule has 1 saturated heterocycles. The van der Waals surface area contributed by atoms with Gasteiger partial charge in [-0.3, -0.25) is 9.69 Å². The molecule has 0 aromatic heterocycles. The van der Waals surface area contributed by atoms with E-state index in [1.807, 2.05) is 26.8 Å². The molecule has 1 aliphatic rings. The summed E-state index contributed by atoms with van der Waals surface area (Å²) in [4.78, 5) is 28.3. The van der Waals surface area contributed by atoms with Crippen LogP contribution in [0.1, 0.15) is 44.7 Å². The van der Waals surface area contributed by atoms with Gasteiger partial charge in [-0.1, -0.05) is 12.1 Å². The van der Waals surface area contributed by atoms with Crippen molar-refractivity contribution >= 4 is 12.0 Å². The van der Waals surface area contributed by atoms with E-state index in [0.29, 0.717) is 25.1 Å². The van der Waals surface area contributed by atoms with E-state index in [0.717, 1.165) is 12.0 Å². The van der Waals surface area contributed by atoms with E-state index in [9.17, 15) is 9.59 Å². The number of ether oxygens (including phenoxy) is 1. The zero-order valence-corrected chi connectivity index (χ0v) is 15.3. The molecule has 1 heterocycles. The van der Waals surface area contributed by atoms with Gasteiger partial charge in [0.1, 0.15) is 11.6 Å². The van der Waals surface area contributed by atoms with Crippen molar-refractivity contribution in [3.8, 4) is 6.07 Å².